The van der Waals surface area contributed by atoms with Crippen LogP contribution in [0.3, 0.4) is 0 Å². The van der Waals surface area contributed by atoms with Gasteiger partial charge in [0.2, 0.25) is 0 Å². The third kappa shape index (κ3) is 2.23. The number of carboxylic acid groups (broad SMARTS) is 1. The molecule has 1 aromatic heterocycles. The van der Waals surface area contributed by atoms with Crippen molar-refractivity contribution in [1.82, 2.24) is 9.97 Å². The highest BCUT2D eigenvalue weighted by Gasteiger charge is 2.29. The maximum Gasteiger partial charge on any atom is 0.345 e. The van der Waals surface area contributed by atoms with E-state index in [1.807, 2.05) is 13.8 Å². The second kappa shape index (κ2) is 4.31. The first-order chi connectivity index (χ1) is 7.99. The zero-order chi connectivity index (χ0) is 12.6. The summed E-state index contributed by atoms with van der Waals surface area (Å²) >= 11 is 0. The first-order valence-electron chi connectivity index (χ1n) is 5.83. The van der Waals surface area contributed by atoms with Gasteiger partial charge < -0.3 is 10.1 Å². The molecule has 1 aliphatic carbocycles. The van der Waals surface area contributed by atoms with E-state index in [0.717, 1.165) is 29.8 Å². The van der Waals surface area contributed by atoms with Crippen LogP contribution in [0.25, 0.3) is 0 Å². The predicted molar refractivity (Wildman–Crippen MR) is 62.3 cm³/mol. The molecular formula is C12H16N2O3. The van der Waals surface area contributed by atoms with Crippen LogP contribution in [-0.4, -0.2) is 21.0 Å². The number of fused-ring (bicyclic) bond motifs is 1. The highest BCUT2D eigenvalue weighted by Crippen LogP contribution is 2.37. The fourth-order valence-electron chi connectivity index (χ4n) is 2.52. The van der Waals surface area contributed by atoms with E-state index in [2.05, 4.69) is 9.97 Å². The molecule has 5 heteroatoms. The first kappa shape index (κ1) is 11.8. The van der Waals surface area contributed by atoms with Crippen LogP contribution >= 0.6 is 0 Å². The second-order valence-electron chi connectivity index (χ2n) is 4.81. The van der Waals surface area contributed by atoms with Crippen molar-refractivity contribution in [2.75, 3.05) is 0 Å². The Morgan fingerprint density at radius 1 is 1.59 bits per heavy atom. The molecule has 0 fully saturated rings. The van der Waals surface area contributed by atoms with Crippen molar-refractivity contribution in [1.29, 1.82) is 0 Å². The van der Waals surface area contributed by atoms with E-state index in [1.54, 1.807) is 0 Å². The smallest absolute Gasteiger partial charge is 0.345 e. The average Bonchev–Trinajstić information content (AvgIpc) is 2.59. The summed E-state index contributed by atoms with van der Waals surface area (Å²) in [6.07, 6.45) is 1.63. The van der Waals surface area contributed by atoms with Crippen LogP contribution in [0.15, 0.2) is 4.79 Å². The van der Waals surface area contributed by atoms with Gasteiger partial charge in [0.05, 0.1) is 12.1 Å². The molecule has 0 aromatic carbocycles. The lowest BCUT2D eigenvalue weighted by atomic mass is 9.93. The summed E-state index contributed by atoms with van der Waals surface area (Å²) in [5.41, 5.74) is 2.26. The van der Waals surface area contributed by atoms with E-state index in [4.69, 9.17) is 5.11 Å². The van der Waals surface area contributed by atoms with Crippen LogP contribution in [0.4, 0.5) is 0 Å². The minimum absolute atomic E-state index is 0.00995. The Morgan fingerprint density at radius 2 is 2.29 bits per heavy atom. The largest absolute Gasteiger partial charge is 0.481 e. The fourth-order valence-corrected chi connectivity index (χ4v) is 2.52. The Morgan fingerprint density at radius 3 is 2.88 bits per heavy atom. The van der Waals surface area contributed by atoms with Gasteiger partial charge in [-0.15, -0.1) is 0 Å². The SMILES string of the molecule is CC(C)c1nc(=O)[nH]c2c1C(CC(=O)O)CC2. The number of H-pyrrole nitrogens is 1. The maximum absolute atomic E-state index is 11.4. The molecule has 0 saturated heterocycles. The van der Waals surface area contributed by atoms with Crippen molar-refractivity contribution in [3.8, 4) is 0 Å². The fraction of sp³-hybridized carbons (Fsp3) is 0.583. The van der Waals surface area contributed by atoms with Gasteiger partial charge in [-0.1, -0.05) is 13.8 Å². The van der Waals surface area contributed by atoms with Crippen LogP contribution in [0, 0.1) is 0 Å². The predicted octanol–water partition coefficient (Wildman–Crippen LogP) is 1.40. The van der Waals surface area contributed by atoms with Gasteiger partial charge in [-0.2, -0.15) is 4.98 Å². The molecule has 0 spiro atoms. The zero-order valence-corrected chi connectivity index (χ0v) is 9.99. The lowest BCUT2D eigenvalue weighted by Gasteiger charge is -2.14. The molecular weight excluding hydrogens is 220 g/mol. The molecule has 1 atom stereocenters. The zero-order valence-electron chi connectivity index (χ0n) is 9.99. The standard InChI is InChI=1S/C12H16N2O3/c1-6(2)11-10-7(5-9(15)16)3-4-8(10)13-12(17)14-11/h6-7H,3-5H2,1-2H3,(H,15,16)(H,13,14,17). The lowest BCUT2D eigenvalue weighted by Crippen LogP contribution is -2.19. The molecule has 1 aliphatic rings. The van der Waals surface area contributed by atoms with Crippen molar-refractivity contribution in [3.05, 3.63) is 27.4 Å². The number of aromatic nitrogens is 2. The first-order valence-corrected chi connectivity index (χ1v) is 5.83. The molecule has 1 unspecified atom stereocenters. The summed E-state index contributed by atoms with van der Waals surface area (Å²) in [6.45, 7) is 3.94. The van der Waals surface area contributed by atoms with Crippen LogP contribution in [-0.2, 0) is 11.2 Å². The van der Waals surface area contributed by atoms with Crippen molar-refractivity contribution in [2.24, 2.45) is 0 Å². The van der Waals surface area contributed by atoms with E-state index in [1.165, 1.54) is 0 Å². The number of nitrogens with zero attached hydrogens (tertiary/aromatic N) is 1. The second-order valence-corrected chi connectivity index (χ2v) is 4.81. The summed E-state index contributed by atoms with van der Waals surface area (Å²) < 4.78 is 0. The van der Waals surface area contributed by atoms with Crippen molar-refractivity contribution < 1.29 is 9.90 Å². The van der Waals surface area contributed by atoms with E-state index >= 15 is 0 Å². The molecule has 0 bridgehead atoms. The molecule has 1 aromatic rings. The number of carboxylic acids is 1. The number of nitrogens with one attached hydrogen (secondary N) is 1. The number of carbonyl (C=O) groups is 1. The van der Waals surface area contributed by atoms with Crippen molar-refractivity contribution in [3.63, 3.8) is 0 Å². The quantitative estimate of drug-likeness (QED) is 0.830. The number of rotatable bonds is 3. The van der Waals surface area contributed by atoms with Gasteiger partial charge >= 0.3 is 11.7 Å². The third-order valence-corrected chi connectivity index (χ3v) is 3.20. The van der Waals surface area contributed by atoms with Crippen LogP contribution in [0.2, 0.25) is 0 Å². The molecule has 0 amide bonds. The van der Waals surface area contributed by atoms with Crippen LogP contribution in [0.1, 0.15) is 55.5 Å². The summed E-state index contributed by atoms with van der Waals surface area (Å²) in [6, 6.07) is 0. The number of hydrogen-bond donors (Lipinski definition) is 2. The summed E-state index contributed by atoms with van der Waals surface area (Å²) in [4.78, 5) is 28.9. The minimum Gasteiger partial charge on any atom is -0.481 e. The van der Waals surface area contributed by atoms with Gasteiger partial charge in [-0.3, -0.25) is 4.79 Å². The van der Waals surface area contributed by atoms with Gasteiger partial charge in [0.15, 0.2) is 0 Å². The monoisotopic (exact) mass is 236 g/mol. The summed E-state index contributed by atoms with van der Waals surface area (Å²) in [5, 5.41) is 8.89. The molecule has 2 rings (SSSR count). The summed E-state index contributed by atoms with van der Waals surface area (Å²) in [7, 11) is 0. The molecule has 92 valence electrons. The number of aromatic amines is 1. The molecule has 0 radical (unpaired) electrons. The van der Waals surface area contributed by atoms with Crippen LogP contribution in [0.5, 0.6) is 0 Å². The highest BCUT2D eigenvalue weighted by atomic mass is 16.4. The number of aryl methyl sites for hydroxylation is 1. The van der Waals surface area contributed by atoms with Gasteiger partial charge in [0.1, 0.15) is 0 Å². The van der Waals surface area contributed by atoms with Crippen molar-refractivity contribution in [2.45, 2.75) is 44.9 Å². The molecule has 0 aliphatic heterocycles. The van der Waals surface area contributed by atoms with E-state index in [9.17, 15) is 9.59 Å². The van der Waals surface area contributed by atoms with Crippen LogP contribution < -0.4 is 5.69 Å². The molecule has 0 saturated carbocycles. The van der Waals surface area contributed by atoms with Gasteiger partial charge in [-0.05, 0) is 30.2 Å². The normalized spacial score (nSPS) is 18.4. The van der Waals surface area contributed by atoms with Gasteiger partial charge in [0, 0.05) is 5.69 Å². The van der Waals surface area contributed by atoms with E-state index in [-0.39, 0.29) is 23.9 Å². The van der Waals surface area contributed by atoms with E-state index in [0.29, 0.717) is 0 Å². The lowest BCUT2D eigenvalue weighted by molar-refractivity contribution is -0.137. The maximum atomic E-state index is 11.4. The Labute approximate surface area is 98.9 Å². The van der Waals surface area contributed by atoms with E-state index < -0.39 is 5.97 Å². The molecule has 5 nitrogen and oxygen atoms in total. The highest BCUT2D eigenvalue weighted by molar-refractivity contribution is 5.68. The number of hydrogen-bond acceptors (Lipinski definition) is 3. The molecule has 17 heavy (non-hydrogen) atoms. The topological polar surface area (TPSA) is 83.0 Å². The van der Waals surface area contributed by atoms with Gasteiger partial charge in [-0.25, -0.2) is 4.79 Å². The van der Waals surface area contributed by atoms with Gasteiger partial charge in [0.25, 0.3) is 0 Å². The Bertz CT molecular complexity index is 505. The average molecular weight is 236 g/mol. The Balaban J connectivity index is 2.49. The summed E-state index contributed by atoms with van der Waals surface area (Å²) in [5.74, 6) is -0.673. The Hall–Kier alpha value is -1.65. The number of aliphatic carboxylic acids is 1. The Kier molecular flexibility index (Phi) is 3.00. The van der Waals surface area contributed by atoms with Crippen molar-refractivity contribution >= 4 is 5.97 Å². The molecule has 2 N–H and O–H groups in total. The third-order valence-electron chi connectivity index (χ3n) is 3.20. The molecule has 1 heterocycles. The minimum atomic E-state index is -0.802.